The fraction of sp³-hybridized carbons (Fsp3) is 0.667. The Morgan fingerprint density at radius 1 is 1.29 bits per heavy atom. The van der Waals surface area contributed by atoms with Gasteiger partial charge in [0.05, 0.1) is 12.7 Å². The highest BCUT2D eigenvalue weighted by Gasteiger charge is 2.35. The summed E-state index contributed by atoms with van der Waals surface area (Å²) in [5.41, 5.74) is 0. The van der Waals surface area contributed by atoms with Gasteiger partial charge in [0.25, 0.3) is 0 Å². The number of carbonyl (C=O) groups is 2. The first-order chi connectivity index (χ1) is 8.02. The van der Waals surface area contributed by atoms with Crippen LogP contribution in [0.1, 0.15) is 26.7 Å². The summed E-state index contributed by atoms with van der Waals surface area (Å²) in [6.45, 7) is 6.54. The van der Waals surface area contributed by atoms with Gasteiger partial charge >= 0.3 is 11.9 Å². The molecular weight excluding hydrogens is 224 g/mol. The molecule has 0 unspecified atom stereocenters. The third kappa shape index (κ3) is 4.56. The molecule has 1 heterocycles. The summed E-state index contributed by atoms with van der Waals surface area (Å²) in [5.74, 6) is -0.788. The quantitative estimate of drug-likeness (QED) is 0.548. The van der Waals surface area contributed by atoms with Crippen LogP contribution < -0.4 is 0 Å². The summed E-state index contributed by atoms with van der Waals surface area (Å²) in [6, 6.07) is 0. The summed E-state index contributed by atoms with van der Waals surface area (Å²) in [5, 5.41) is 0. The Balaban J connectivity index is 2.61. The minimum atomic E-state index is -0.516. The van der Waals surface area contributed by atoms with Crippen LogP contribution in [-0.4, -0.2) is 36.9 Å². The maximum atomic E-state index is 11.0. The van der Waals surface area contributed by atoms with Crippen molar-refractivity contribution in [2.75, 3.05) is 6.61 Å². The Morgan fingerprint density at radius 3 is 2.41 bits per heavy atom. The lowest BCUT2D eigenvalue weighted by Gasteiger charge is -2.34. The van der Waals surface area contributed by atoms with Gasteiger partial charge in [0.1, 0.15) is 6.10 Å². The van der Waals surface area contributed by atoms with Gasteiger partial charge in [-0.3, -0.25) is 9.59 Å². The van der Waals surface area contributed by atoms with Gasteiger partial charge in [0, 0.05) is 20.3 Å². The van der Waals surface area contributed by atoms with Gasteiger partial charge in [-0.2, -0.15) is 0 Å². The van der Waals surface area contributed by atoms with Crippen LogP contribution in [0.5, 0.6) is 0 Å². The lowest BCUT2D eigenvalue weighted by atomic mass is 10.0. The van der Waals surface area contributed by atoms with Gasteiger partial charge in [-0.05, 0) is 6.42 Å². The molecule has 5 nitrogen and oxygen atoms in total. The van der Waals surface area contributed by atoms with Gasteiger partial charge in [-0.1, -0.05) is 6.08 Å². The second-order valence-corrected chi connectivity index (χ2v) is 4.01. The summed E-state index contributed by atoms with van der Waals surface area (Å²) in [4.78, 5) is 21.9. The second-order valence-electron chi connectivity index (χ2n) is 4.01. The normalized spacial score (nSPS) is 28.2. The van der Waals surface area contributed by atoms with Gasteiger partial charge < -0.3 is 14.2 Å². The molecule has 1 fully saturated rings. The zero-order valence-corrected chi connectivity index (χ0v) is 10.2. The molecule has 0 radical (unpaired) electrons. The van der Waals surface area contributed by atoms with Gasteiger partial charge in [0.15, 0.2) is 6.10 Å². The summed E-state index contributed by atoms with van der Waals surface area (Å²) in [6.07, 6.45) is 1.96. The Labute approximate surface area is 101 Å². The van der Waals surface area contributed by atoms with Crippen molar-refractivity contribution in [1.82, 2.24) is 0 Å². The topological polar surface area (TPSA) is 61.8 Å². The fourth-order valence-corrected chi connectivity index (χ4v) is 1.83. The molecule has 1 aliphatic rings. The number of carbonyl (C=O) groups excluding carboxylic acids is 2. The van der Waals surface area contributed by atoms with E-state index in [1.54, 1.807) is 6.08 Å². The molecule has 5 heteroatoms. The number of rotatable bonds is 4. The van der Waals surface area contributed by atoms with Crippen molar-refractivity contribution in [1.29, 1.82) is 0 Å². The van der Waals surface area contributed by atoms with E-state index in [4.69, 9.17) is 14.2 Å². The van der Waals surface area contributed by atoms with E-state index in [1.165, 1.54) is 13.8 Å². The molecule has 1 rings (SSSR count). The molecule has 0 saturated carbocycles. The Morgan fingerprint density at radius 2 is 1.88 bits per heavy atom. The van der Waals surface area contributed by atoms with Crippen LogP contribution >= 0.6 is 0 Å². The Hall–Kier alpha value is -1.36. The van der Waals surface area contributed by atoms with Crippen molar-refractivity contribution in [3.05, 3.63) is 12.7 Å². The van der Waals surface area contributed by atoms with Crippen molar-refractivity contribution in [2.24, 2.45) is 0 Å². The van der Waals surface area contributed by atoms with E-state index >= 15 is 0 Å². The molecular formula is C12H18O5. The molecule has 0 aliphatic carbocycles. The molecule has 1 saturated heterocycles. The average Bonchev–Trinajstić information content (AvgIpc) is 2.21. The van der Waals surface area contributed by atoms with Crippen LogP contribution in [-0.2, 0) is 23.8 Å². The van der Waals surface area contributed by atoms with Crippen molar-refractivity contribution in [3.63, 3.8) is 0 Å². The van der Waals surface area contributed by atoms with E-state index in [1.807, 2.05) is 0 Å². The van der Waals surface area contributed by atoms with E-state index in [2.05, 4.69) is 6.58 Å². The number of ether oxygens (including phenoxy) is 3. The smallest absolute Gasteiger partial charge is 0.303 e. The molecule has 0 aromatic carbocycles. The zero-order valence-electron chi connectivity index (χ0n) is 10.2. The first-order valence-corrected chi connectivity index (χ1v) is 5.60. The predicted octanol–water partition coefficient (Wildman–Crippen LogP) is 1.21. The van der Waals surface area contributed by atoms with Crippen LogP contribution in [0, 0.1) is 0 Å². The molecule has 0 amide bonds. The monoisotopic (exact) mass is 242 g/mol. The molecule has 17 heavy (non-hydrogen) atoms. The van der Waals surface area contributed by atoms with Gasteiger partial charge in [-0.25, -0.2) is 0 Å². The van der Waals surface area contributed by atoms with Crippen LogP contribution in [0.25, 0.3) is 0 Å². The molecule has 0 bridgehead atoms. The lowest BCUT2D eigenvalue weighted by molar-refractivity contribution is -0.186. The maximum Gasteiger partial charge on any atom is 0.303 e. The highest BCUT2D eigenvalue weighted by molar-refractivity contribution is 5.67. The van der Waals surface area contributed by atoms with E-state index in [0.717, 1.165) is 0 Å². The van der Waals surface area contributed by atoms with E-state index in [-0.39, 0.29) is 18.7 Å². The number of hydrogen-bond acceptors (Lipinski definition) is 5. The lowest BCUT2D eigenvalue weighted by Crippen LogP contribution is -2.45. The fourth-order valence-electron chi connectivity index (χ4n) is 1.83. The molecule has 96 valence electrons. The summed E-state index contributed by atoms with van der Waals surface area (Å²) >= 11 is 0. The molecule has 1 aliphatic heterocycles. The Kier molecular flexibility index (Phi) is 5.15. The first-order valence-electron chi connectivity index (χ1n) is 5.60. The Bertz CT molecular complexity index is 299. The van der Waals surface area contributed by atoms with Crippen LogP contribution in [0.2, 0.25) is 0 Å². The van der Waals surface area contributed by atoms with Crippen molar-refractivity contribution >= 4 is 11.9 Å². The molecule has 0 aromatic heterocycles. The second kappa shape index (κ2) is 6.39. The van der Waals surface area contributed by atoms with Gasteiger partial charge in [-0.15, -0.1) is 6.58 Å². The highest BCUT2D eigenvalue weighted by Crippen LogP contribution is 2.22. The number of hydrogen-bond donors (Lipinski definition) is 0. The zero-order chi connectivity index (χ0) is 12.8. The number of esters is 2. The van der Waals surface area contributed by atoms with Crippen molar-refractivity contribution in [2.45, 2.75) is 45.0 Å². The third-order valence-corrected chi connectivity index (χ3v) is 2.47. The highest BCUT2D eigenvalue weighted by atomic mass is 16.6. The van der Waals surface area contributed by atoms with Gasteiger partial charge in [0.2, 0.25) is 0 Å². The van der Waals surface area contributed by atoms with Crippen LogP contribution in [0.4, 0.5) is 0 Å². The van der Waals surface area contributed by atoms with Crippen molar-refractivity contribution in [3.8, 4) is 0 Å². The van der Waals surface area contributed by atoms with Crippen LogP contribution in [0.3, 0.4) is 0 Å². The van der Waals surface area contributed by atoms with E-state index < -0.39 is 18.2 Å². The summed E-state index contributed by atoms with van der Waals surface area (Å²) in [7, 11) is 0. The minimum Gasteiger partial charge on any atom is -0.458 e. The minimum absolute atomic E-state index is 0.0383. The maximum absolute atomic E-state index is 11.0. The van der Waals surface area contributed by atoms with Crippen LogP contribution in [0.15, 0.2) is 12.7 Å². The first kappa shape index (κ1) is 13.7. The molecule has 0 aromatic rings. The summed E-state index contributed by atoms with van der Waals surface area (Å²) < 4.78 is 15.7. The molecule has 0 N–H and O–H groups in total. The van der Waals surface area contributed by atoms with E-state index in [0.29, 0.717) is 12.8 Å². The molecule has 0 spiro atoms. The largest absolute Gasteiger partial charge is 0.458 e. The SMILES string of the molecule is C=CC[C@H]1C[C@@H](OC(C)=O)[C@H](OC(C)=O)CO1. The third-order valence-electron chi connectivity index (χ3n) is 2.47. The van der Waals surface area contributed by atoms with E-state index in [9.17, 15) is 9.59 Å². The molecule has 3 atom stereocenters. The van der Waals surface area contributed by atoms with Crippen molar-refractivity contribution < 1.29 is 23.8 Å². The standard InChI is InChI=1S/C12H18O5/c1-4-5-10-6-11(16-8(2)13)12(7-15-10)17-9(3)14/h4,10-12H,1,5-7H2,2-3H3/t10-,11+,12+/m0/s1. The predicted molar refractivity (Wildman–Crippen MR) is 60.3 cm³/mol. The average molecular weight is 242 g/mol.